The molecule has 1 aliphatic rings. The zero-order valence-corrected chi connectivity index (χ0v) is 14.2. The van der Waals surface area contributed by atoms with Gasteiger partial charge in [-0.2, -0.15) is 0 Å². The van der Waals surface area contributed by atoms with Crippen molar-refractivity contribution in [2.24, 2.45) is 0 Å². The van der Waals surface area contributed by atoms with Crippen LogP contribution in [0.3, 0.4) is 0 Å². The summed E-state index contributed by atoms with van der Waals surface area (Å²) in [5.74, 6) is -2.16. The number of imide groups is 1. The summed E-state index contributed by atoms with van der Waals surface area (Å²) >= 11 is 3.28. The Morgan fingerprint density at radius 1 is 0.957 bits per heavy atom. The van der Waals surface area contributed by atoms with Gasteiger partial charge in [0.2, 0.25) is 5.91 Å². The van der Waals surface area contributed by atoms with E-state index in [4.69, 9.17) is 0 Å². The van der Waals surface area contributed by atoms with Crippen molar-refractivity contribution in [3.8, 4) is 0 Å². The standard InChI is InChI=1S/C16H12BrNO4S/c17-12-6-8-13(9-7-12)18-14(19)10-23(21,22)15(16(18)20)11-4-2-1-3-5-11/h1-9,15H,10H2/t15-/m0/s1. The SMILES string of the molecule is O=C1CS(=O)(=O)[C@@H](c2ccccc2)C(=O)N1c1ccc(Br)cc1. The van der Waals surface area contributed by atoms with Crippen LogP contribution in [0, 0.1) is 0 Å². The summed E-state index contributed by atoms with van der Waals surface area (Å²) in [5.41, 5.74) is 0.728. The maximum absolute atomic E-state index is 12.8. The highest BCUT2D eigenvalue weighted by molar-refractivity contribution is 9.10. The van der Waals surface area contributed by atoms with E-state index in [0.717, 1.165) is 9.37 Å². The number of carbonyl (C=O) groups is 2. The Morgan fingerprint density at radius 2 is 1.57 bits per heavy atom. The third-order valence-electron chi connectivity index (χ3n) is 3.57. The van der Waals surface area contributed by atoms with Crippen LogP contribution < -0.4 is 4.90 Å². The van der Waals surface area contributed by atoms with Crippen LogP contribution in [0.25, 0.3) is 0 Å². The Labute approximate surface area is 142 Å². The molecule has 3 rings (SSSR count). The summed E-state index contributed by atoms with van der Waals surface area (Å²) in [5, 5.41) is -1.36. The summed E-state index contributed by atoms with van der Waals surface area (Å²) in [6.07, 6.45) is 0. The molecule has 0 aliphatic carbocycles. The average Bonchev–Trinajstić information content (AvgIpc) is 2.49. The minimum Gasteiger partial charge on any atom is -0.273 e. The zero-order chi connectivity index (χ0) is 16.6. The first-order valence-electron chi connectivity index (χ1n) is 6.79. The van der Waals surface area contributed by atoms with E-state index in [0.29, 0.717) is 11.3 Å². The lowest BCUT2D eigenvalue weighted by molar-refractivity contribution is -0.125. The van der Waals surface area contributed by atoms with Crippen molar-refractivity contribution in [2.75, 3.05) is 10.7 Å². The summed E-state index contributed by atoms with van der Waals surface area (Å²) in [7, 11) is -3.87. The molecule has 1 atom stereocenters. The van der Waals surface area contributed by atoms with Crippen LogP contribution in [0.15, 0.2) is 59.1 Å². The third-order valence-corrected chi connectivity index (χ3v) is 5.94. The molecule has 0 spiro atoms. The van der Waals surface area contributed by atoms with Gasteiger partial charge >= 0.3 is 0 Å². The summed E-state index contributed by atoms with van der Waals surface area (Å²) in [6, 6.07) is 14.8. The van der Waals surface area contributed by atoms with Gasteiger partial charge in [-0.3, -0.25) is 9.59 Å². The highest BCUT2D eigenvalue weighted by atomic mass is 79.9. The molecule has 0 aromatic heterocycles. The molecule has 7 heteroatoms. The second kappa shape index (κ2) is 5.90. The number of benzene rings is 2. The van der Waals surface area contributed by atoms with E-state index < -0.39 is 32.7 Å². The molecule has 0 bridgehead atoms. The van der Waals surface area contributed by atoms with Crippen molar-refractivity contribution >= 4 is 43.3 Å². The number of hydrogen-bond donors (Lipinski definition) is 0. The van der Waals surface area contributed by atoms with E-state index in [1.165, 1.54) is 0 Å². The number of nitrogens with zero attached hydrogens (tertiary/aromatic N) is 1. The van der Waals surface area contributed by atoms with Crippen LogP contribution in [0.4, 0.5) is 5.69 Å². The lowest BCUT2D eigenvalue weighted by Gasteiger charge is -2.30. The van der Waals surface area contributed by atoms with Crippen molar-refractivity contribution < 1.29 is 18.0 Å². The van der Waals surface area contributed by atoms with E-state index in [1.54, 1.807) is 54.6 Å². The average molecular weight is 394 g/mol. The Balaban J connectivity index is 2.08. The molecule has 1 aliphatic heterocycles. The summed E-state index contributed by atoms with van der Waals surface area (Å²) < 4.78 is 25.5. The van der Waals surface area contributed by atoms with E-state index in [1.807, 2.05) is 0 Å². The van der Waals surface area contributed by atoms with Crippen molar-refractivity contribution in [1.29, 1.82) is 0 Å². The van der Waals surface area contributed by atoms with E-state index in [9.17, 15) is 18.0 Å². The zero-order valence-electron chi connectivity index (χ0n) is 11.8. The molecule has 0 unspecified atom stereocenters. The molecule has 0 saturated carbocycles. The van der Waals surface area contributed by atoms with Crippen LogP contribution in [0.1, 0.15) is 10.8 Å². The molecule has 0 radical (unpaired) electrons. The van der Waals surface area contributed by atoms with Gasteiger partial charge in [0.25, 0.3) is 5.91 Å². The number of sulfone groups is 1. The highest BCUT2D eigenvalue weighted by Gasteiger charge is 2.46. The molecule has 23 heavy (non-hydrogen) atoms. The Bertz CT molecular complexity index is 863. The Hall–Kier alpha value is -1.99. The monoisotopic (exact) mass is 393 g/mol. The van der Waals surface area contributed by atoms with Crippen molar-refractivity contribution in [1.82, 2.24) is 0 Å². The maximum Gasteiger partial charge on any atom is 0.256 e. The number of rotatable bonds is 2. The second-order valence-electron chi connectivity index (χ2n) is 5.14. The van der Waals surface area contributed by atoms with Crippen LogP contribution in [-0.4, -0.2) is 26.0 Å². The number of carbonyl (C=O) groups excluding carboxylic acids is 2. The molecule has 2 aromatic rings. The van der Waals surface area contributed by atoms with Gasteiger partial charge < -0.3 is 0 Å². The van der Waals surface area contributed by atoms with Gasteiger partial charge in [-0.1, -0.05) is 46.3 Å². The van der Waals surface area contributed by atoms with Gasteiger partial charge in [0, 0.05) is 4.47 Å². The molecule has 2 amide bonds. The third kappa shape index (κ3) is 2.94. The summed E-state index contributed by atoms with van der Waals surface area (Å²) in [4.78, 5) is 25.9. The normalized spacial score (nSPS) is 20.6. The summed E-state index contributed by atoms with van der Waals surface area (Å²) in [6.45, 7) is 0. The number of hydrogen-bond acceptors (Lipinski definition) is 4. The molecular formula is C16H12BrNO4S. The molecule has 1 saturated heterocycles. The fourth-order valence-corrected chi connectivity index (χ4v) is 4.44. The lowest BCUT2D eigenvalue weighted by atomic mass is 10.1. The minimum atomic E-state index is -3.87. The molecule has 118 valence electrons. The fourth-order valence-electron chi connectivity index (χ4n) is 2.55. The van der Waals surface area contributed by atoms with Crippen molar-refractivity contribution in [2.45, 2.75) is 5.25 Å². The first kappa shape index (κ1) is 15.9. The van der Waals surface area contributed by atoms with Gasteiger partial charge in [0.05, 0.1) is 5.69 Å². The smallest absolute Gasteiger partial charge is 0.256 e. The van der Waals surface area contributed by atoms with Crippen LogP contribution >= 0.6 is 15.9 Å². The first-order valence-corrected chi connectivity index (χ1v) is 9.30. The first-order chi connectivity index (χ1) is 10.9. The number of halogens is 1. The van der Waals surface area contributed by atoms with Crippen molar-refractivity contribution in [3.63, 3.8) is 0 Å². The number of anilines is 1. The van der Waals surface area contributed by atoms with Crippen LogP contribution in [0.2, 0.25) is 0 Å². The molecule has 5 nitrogen and oxygen atoms in total. The van der Waals surface area contributed by atoms with Gasteiger partial charge in [0.1, 0.15) is 5.75 Å². The molecule has 1 heterocycles. The van der Waals surface area contributed by atoms with Crippen LogP contribution in [-0.2, 0) is 19.4 Å². The van der Waals surface area contributed by atoms with Gasteiger partial charge in [-0.15, -0.1) is 0 Å². The van der Waals surface area contributed by atoms with Crippen LogP contribution in [0.5, 0.6) is 0 Å². The minimum absolute atomic E-state index is 0.360. The van der Waals surface area contributed by atoms with Gasteiger partial charge in [0.15, 0.2) is 15.1 Å². The molecule has 0 N–H and O–H groups in total. The predicted molar refractivity (Wildman–Crippen MR) is 89.6 cm³/mol. The molecule has 2 aromatic carbocycles. The second-order valence-corrected chi connectivity index (χ2v) is 8.14. The van der Waals surface area contributed by atoms with E-state index >= 15 is 0 Å². The predicted octanol–water partition coefficient (Wildman–Crippen LogP) is 2.48. The highest BCUT2D eigenvalue weighted by Crippen LogP contribution is 2.32. The Morgan fingerprint density at radius 3 is 2.17 bits per heavy atom. The maximum atomic E-state index is 12.8. The lowest BCUT2D eigenvalue weighted by Crippen LogP contribution is -2.51. The van der Waals surface area contributed by atoms with Crippen molar-refractivity contribution in [3.05, 3.63) is 64.6 Å². The quantitative estimate of drug-likeness (QED) is 0.734. The fraction of sp³-hybridized carbons (Fsp3) is 0.125. The molecule has 1 fully saturated rings. The topological polar surface area (TPSA) is 71.5 Å². The largest absolute Gasteiger partial charge is 0.273 e. The molecular weight excluding hydrogens is 382 g/mol. The van der Waals surface area contributed by atoms with E-state index in [2.05, 4.69) is 15.9 Å². The Kier molecular flexibility index (Phi) is 4.08. The van der Waals surface area contributed by atoms with Gasteiger partial charge in [-0.25, -0.2) is 13.3 Å². The number of amides is 2. The van der Waals surface area contributed by atoms with E-state index in [-0.39, 0.29) is 0 Å². The van der Waals surface area contributed by atoms with Gasteiger partial charge in [-0.05, 0) is 29.8 Å².